The summed E-state index contributed by atoms with van der Waals surface area (Å²) in [5.41, 5.74) is 4.08. The van der Waals surface area contributed by atoms with Crippen LogP contribution in [0.25, 0.3) is 16.9 Å². The molecular formula is C25H26FN3O3. The van der Waals surface area contributed by atoms with Gasteiger partial charge < -0.3 is 14.4 Å². The summed E-state index contributed by atoms with van der Waals surface area (Å²) in [5.74, 6) is -1.05. The molecule has 2 aliphatic heterocycles. The van der Waals surface area contributed by atoms with E-state index in [0.29, 0.717) is 56.1 Å². The highest BCUT2D eigenvalue weighted by molar-refractivity contribution is 5.94. The minimum Gasteiger partial charge on any atom is -0.347 e. The van der Waals surface area contributed by atoms with E-state index in [1.54, 1.807) is 33.8 Å². The summed E-state index contributed by atoms with van der Waals surface area (Å²) in [6, 6.07) is 14.2. The Balaban J connectivity index is 1.54. The highest BCUT2D eigenvalue weighted by Crippen LogP contribution is 2.33. The third-order valence-corrected chi connectivity index (χ3v) is 6.30. The van der Waals surface area contributed by atoms with E-state index in [9.17, 15) is 9.18 Å². The summed E-state index contributed by atoms with van der Waals surface area (Å²) in [6.07, 6.45) is 1.27. The van der Waals surface area contributed by atoms with Crippen LogP contribution in [0.4, 0.5) is 4.39 Å². The van der Waals surface area contributed by atoms with Crippen molar-refractivity contribution in [2.45, 2.75) is 32.5 Å². The van der Waals surface area contributed by atoms with Gasteiger partial charge in [0.05, 0.1) is 24.6 Å². The molecule has 2 fully saturated rings. The van der Waals surface area contributed by atoms with E-state index in [1.165, 1.54) is 6.07 Å². The summed E-state index contributed by atoms with van der Waals surface area (Å²) in [5, 5.41) is 4.68. The first-order chi connectivity index (χ1) is 15.5. The number of carbonyl (C=O) groups is 1. The van der Waals surface area contributed by atoms with E-state index in [-0.39, 0.29) is 11.7 Å². The quantitative estimate of drug-likeness (QED) is 0.616. The first-order valence-corrected chi connectivity index (χ1v) is 11.0. The van der Waals surface area contributed by atoms with E-state index in [0.717, 1.165) is 16.8 Å². The minimum atomic E-state index is -0.553. The van der Waals surface area contributed by atoms with Gasteiger partial charge >= 0.3 is 0 Å². The fourth-order valence-electron chi connectivity index (χ4n) is 4.46. The second kappa shape index (κ2) is 8.15. The number of nitrogens with zero attached hydrogens (tertiary/aromatic N) is 3. The number of rotatable bonds is 3. The molecule has 1 spiro atoms. The molecule has 3 aromatic rings. The number of carbonyl (C=O) groups excluding carboxylic acids is 1. The third-order valence-electron chi connectivity index (χ3n) is 6.30. The van der Waals surface area contributed by atoms with Gasteiger partial charge in [-0.15, -0.1) is 0 Å². The fraction of sp³-hybridized carbons (Fsp3) is 0.360. The van der Waals surface area contributed by atoms with Crippen LogP contribution in [0.1, 0.15) is 34.5 Å². The summed E-state index contributed by atoms with van der Waals surface area (Å²) >= 11 is 0. The van der Waals surface area contributed by atoms with Crippen molar-refractivity contribution in [1.29, 1.82) is 0 Å². The van der Waals surface area contributed by atoms with Gasteiger partial charge in [0.2, 0.25) is 0 Å². The zero-order valence-corrected chi connectivity index (χ0v) is 18.3. The Morgan fingerprint density at radius 1 is 1.03 bits per heavy atom. The molecule has 32 heavy (non-hydrogen) atoms. The third kappa shape index (κ3) is 3.72. The fourth-order valence-corrected chi connectivity index (χ4v) is 4.46. The number of halogens is 1. The van der Waals surface area contributed by atoms with Gasteiger partial charge in [0.1, 0.15) is 11.5 Å². The molecule has 3 heterocycles. The molecule has 2 aromatic carbocycles. The molecule has 0 bridgehead atoms. The number of aryl methyl sites for hydroxylation is 2. The number of likely N-dealkylation sites (tertiary alicyclic amines) is 1. The van der Waals surface area contributed by atoms with Gasteiger partial charge in [-0.2, -0.15) is 5.10 Å². The number of hydrogen-bond donors (Lipinski definition) is 0. The van der Waals surface area contributed by atoms with Crippen LogP contribution >= 0.6 is 0 Å². The van der Waals surface area contributed by atoms with Gasteiger partial charge in [-0.25, -0.2) is 9.07 Å². The molecule has 6 nitrogen and oxygen atoms in total. The van der Waals surface area contributed by atoms with Crippen molar-refractivity contribution >= 4 is 5.91 Å². The Morgan fingerprint density at radius 2 is 1.75 bits per heavy atom. The van der Waals surface area contributed by atoms with E-state index >= 15 is 0 Å². The van der Waals surface area contributed by atoms with Crippen LogP contribution < -0.4 is 0 Å². The molecule has 7 heteroatoms. The second-order valence-corrected chi connectivity index (χ2v) is 8.50. The van der Waals surface area contributed by atoms with Gasteiger partial charge in [-0.3, -0.25) is 4.79 Å². The first-order valence-electron chi connectivity index (χ1n) is 11.0. The van der Waals surface area contributed by atoms with Crippen LogP contribution in [0.3, 0.4) is 0 Å². The maximum atomic E-state index is 14.5. The maximum absolute atomic E-state index is 14.5. The maximum Gasteiger partial charge on any atom is 0.272 e. The molecule has 5 rings (SSSR count). The lowest BCUT2D eigenvalue weighted by Crippen LogP contribution is -2.47. The SMILES string of the molecule is Cc1ccc(C)c(-n2nc(-c3ccccc3F)cc2C(=O)N2CCC3(CC2)OCCO3)c1. The molecule has 166 valence electrons. The van der Waals surface area contributed by atoms with Crippen molar-refractivity contribution in [3.05, 3.63) is 71.2 Å². The normalized spacial score (nSPS) is 17.8. The van der Waals surface area contributed by atoms with Crippen molar-refractivity contribution in [3.8, 4) is 16.9 Å². The minimum absolute atomic E-state index is 0.131. The van der Waals surface area contributed by atoms with E-state index in [1.807, 2.05) is 32.0 Å². The van der Waals surface area contributed by atoms with Crippen molar-refractivity contribution in [2.24, 2.45) is 0 Å². The summed E-state index contributed by atoms with van der Waals surface area (Å²) in [4.78, 5) is 15.4. The zero-order valence-electron chi connectivity index (χ0n) is 18.3. The van der Waals surface area contributed by atoms with Crippen LogP contribution in [0, 0.1) is 19.7 Å². The number of amides is 1. The lowest BCUT2D eigenvalue weighted by atomic mass is 10.0. The average molecular weight is 435 g/mol. The molecule has 0 unspecified atom stereocenters. The zero-order chi connectivity index (χ0) is 22.3. The molecular weight excluding hydrogens is 409 g/mol. The molecule has 0 saturated carbocycles. The highest BCUT2D eigenvalue weighted by atomic mass is 19.1. The van der Waals surface area contributed by atoms with Crippen molar-refractivity contribution in [1.82, 2.24) is 14.7 Å². The van der Waals surface area contributed by atoms with Crippen LogP contribution in [-0.2, 0) is 9.47 Å². The van der Waals surface area contributed by atoms with Crippen LogP contribution in [-0.4, -0.2) is 52.7 Å². The molecule has 0 N–H and O–H groups in total. The largest absolute Gasteiger partial charge is 0.347 e. The van der Waals surface area contributed by atoms with E-state index in [2.05, 4.69) is 5.10 Å². The Morgan fingerprint density at radius 3 is 2.47 bits per heavy atom. The monoisotopic (exact) mass is 435 g/mol. The smallest absolute Gasteiger partial charge is 0.272 e. The summed E-state index contributed by atoms with van der Waals surface area (Å²) < 4.78 is 27.8. The predicted molar refractivity (Wildman–Crippen MR) is 118 cm³/mol. The van der Waals surface area contributed by atoms with E-state index < -0.39 is 5.79 Å². The number of ether oxygens (including phenoxy) is 2. The number of aromatic nitrogens is 2. The van der Waals surface area contributed by atoms with Gasteiger partial charge in [0, 0.05) is 31.5 Å². The van der Waals surface area contributed by atoms with Crippen LogP contribution in [0.5, 0.6) is 0 Å². The van der Waals surface area contributed by atoms with Crippen molar-refractivity contribution in [3.63, 3.8) is 0 Å². The molecule has 0 aliphatic carbocycles. The standard InChI is InChI=1S/C25H26FN3O3/c1-17-7-8-18(2)22(15-17)29-23(16-21(27-29)19-5-3-4-6-20(19)26)24(30)28-11-9-25(10-12-28)31-13-14-32-25/h3-8,15-16H,9-14H2,1-2H3. The Labute approximate surface area is 186 Å². The Bertz CT molecular complexity index is 1160. The second-order valence-electron chi connectivity index (χ2n) is 8.50. The Kier molecular flexibility index (Phi) is 5.31. The number of piperidine rings is 1. The molecule has 2 saturated heterocycles. The van der Waals surface area contributed by atoms with Gasteiger partial charge in [0.25, 0.3) is 5.91 Å². The highest BCUT2D eigenvalue weighted by Gasteiger charge is 2.41. The van der Waals surface area contributed by atoms with Gasteiger partial charge in [-0.05, 0) is 49.2 Å². The first kappa shape index (κ1) is 20.8. The van der Waals surface area contributed by atoms with Crippen LogP contribution in [0.2, 0.25) is 0 Å². The molecule has 1 amide bonds. The van der Waals surface area contributed by atoms with Gasteiger partial charge in [0.15, 0.2) is 5.79 Å². The van der Waals surface area contributed by atoms with Gasteiger partial charge in [-0.1, -0.05) is 24.3 Å². The van der Waals surface area contributed by atoms with Crippen molar-refractivity contribution < 1.29 is 18.7 Å². The molecule has 1 aromatic heterocycles. The summed E-state index contributed by atoms with van der Waals surface area (Å²) in [6.45, 7) is 6.24. The van der Waals surface area contributed by atoms with E-state index in [4.69, 9.17) is 9.47 Å². The molecule has 0 radical (unpaired) electrons. The van der Waals surface area contributed by atoms with Crippen molar-refractivity contribution in [2.75, 3.05) is 26.3 Å². The lowest BCUT2D eigenvalue weighted by molar-refractivity contribution is -0.181. The number of benzene rings is 2. The molecule has 0 atom stereocenters. The Hall–Kier alpha value is -3.03. The summed E-state index contributed by atoms with van der Waals surface area (Å²) in [7, 11) is 0. The number of hydrogen-bond acceptors (Lipinski definition) is 4. The lowest BCUT2D eigenvalue weighted by Gasteiger charge is -2.37. The molecule has 2 aliphatic rings. The van der Waals surface area contributed by atoms with Crippen LogP contribution in [0.15, 0.2) is 48.5 Å². The predicted octanol–water partition coefficient (Wildman–Crippen LogP) is 4.27. The average Bonchev–Trinajstić information content (AvgIpc) is 3.43. The topological polar surface area (TPSA) is 56.6 Å².